The van der Waals surface area contributed by atoms with Gasteiger partial charge < -0.3 is 5.73 Å². The summed E-state index contributed by atoms with van der Waals surface area (Å²) in [6, 6.07) is 5.71. The van der Waals surface area contributed by atoms with Crippen LogP contribution in [0.4, 0.5) is 10.2 Å². The van der Waals surface area contributed by atoms with Crippen LogP contribution in [0.5, 0.6) is 0 Å². The van der Waals surface area contributed by atoms with Crippen molar-refractivity contribution in [1.29, 1.82) is 0 Å². The first-order valence-electron chi connectivity index (χ1n) is 3.68. The van der Waals surface area contributed by atoms with Crippen LogP contribution >= 0.6 is 11.6 Å². The predicted octanol–water partition coefficient (Wildman–Crippen LogP) is 2.61. The fourth-order valence-electron chi connectivity index (χ4n) is 1.18. The zero-order chi connectivity index (χ0) is 9.42. The predicted molar refractivity (Wildman–Crippen MR) is 51.1 cm³/mol. The number of nitrogens with two attached hydrogens (primary N) is 1. The van der Waals surface area contributed by atoms with Gasteiger partial charge in [-0.3, -0.25) is 0 Å². The van der Waals surface area contributed by atoms with Gasteiger partial charge in [0.15, 0.2) is 0 Å². The summed E-state index contributed by atoms with van der Waals surface area (Å²) in [5.41, 5.74) is 6.08. The lowest BCUT2D eigenvalue weighted by atomic mass is 10.2. The monoisotopic (exact) mass is 196 g/mol. The van der Waals surface area contributed by atoms with Crippen molar-refractivity contribution in [3.05, 3.63) is 35.1 Å². The maximum atomic E-state index is 12.8. The minimum absolute atomic E-state index is 0.332. The molecule has 2 nitrogen and oxygen atoms in total. The highest BCUT2D eigenvalue weighted by Gasteiger charge is 2.02. The highest BCUT2D eigenvalue weighted by Crippen LogP contribution is 2.24. The highest BCUT2D eigenvalue weighted by atomic mass is 35.5. The van der Waals surface area contributed by atoms with Gasteiger partial charge in [0.05, 0.1) is 10.5 Å². The zero-order valence-electron chi connectivity index (χ0n) is 6.59. The molecule has 0 saturated heterocycles. The van der Waals surface area contributed by atoms with Gasteiger partial charge in [-0.2, -0.15) is 0 Å². The molecule has 0 saturated carbocycles. The van der Waals surface area contributed by atoms with Crippen LogP contribution in [0.2, 0.25) is 5.02 Å². The SMILES string of the molecule is Nc1cc(Cl)c2cc(F)ccc2n1. The molecule has 1 aromatic carbocycles. The summed E-state index contributed by atoms with van der Waals surface area (Å²) in [5, 5.41) is 0.998. The molecule has 0 fully saturated rings. The summed E-state index contributed by atoms with van der Waals surface area (Å²) in [6.07, 6.45) is 0. The third-order valence-corrected chi connectivity index (χ3v) is 2.05. The van der Waals surface area contributed by atoms with Gasteiger partial charge in [-0.05, 0) is 24.3 Å². The largest absolute Gasteiger partial charge is 0.384 e. The van der Waals surface area contributed by atoms with Crippen molar-refractivity contribution in [1.82, 2.24) is 4.98 Å². The Morgan fingerprint density at radius 1 is 1.31 bits per heavy atom. The topological polar surface area (TPSA) is 38.9 Å². The minimum atomic E-state index is -0.332. The Balaban J connectivity index is 2.87. The third kappa shape index (κ3) is 1.42. The first kappa shape index (κ1) is 8.26. The fourth-order valence-corrected chi connectivity index (χ4v) is 1.44. The van der Waals surface area contributed by atoms with Gasteiger partial charge in [0.25, 0.3) is 0 Å². The van der Waals surface area contributed by atoms with Gasteiger partial charge in [-0.15, -0.1) is 0 Å². The van der Waals surface area contributed by atoms with Crippen LogP contribution in [-0.4, -0.2) is 4.98 Å². The number of hydrogen-bond acceptors (Lipinski definition) is 2. The van der Waals surface area contributed by atoms with Gasteiger partial charge >= 0.3 is 0 Å². The Bertz CT molecular complexity index is 470. The molecule has 13 heavy (non-hydrogen) atoms. The van der Waals surface area contributed by atoms with Crippen molar-refractivity contribution < 1.29 is 4.39 Å². The van der Waals surface area contributed by atoms with E-state index in [1.165, 1.54) is 18.2 Å². The number of aromatic nitrogens is 1. The summed E-state index contributed by atoms with van der Waals surface area (Å²) in [7, 11) is 0. The van der Waals surface area contributed by atoms with Crippen LogP contribution < -0.4 is 5.73 Å². The molecule has 2 N–H and O–H groups in total. The summed E-state index contributed by atoms with van der Waals surface area (Å²) < 4.78 is 12.8. The molecular formula is C9H6ClFN2. The highest BCUT2D eigenvalue weighted by molar-refractivity contribution is 6.35. The number of fused-ring (bicyclic) bond motifs is 1. The van der Waals surface area contributed by atoms with Crippen LogP contribution in [0.1, 0.15) is 0 Å². The lowest BCUT2D eigenvalue weighted by Gasteiger charge is -2.01. The Kier molecular flexibility index (Phi) is 1.81. The van der Waals surface area contributed by atoms with Crippen molar-refractivity contribution in [2.45, 2.75) is 0 Å². The minimum Gasteiger partial charge on any atom is -0.384 e. The number of nitrogens with zero attached hydrogens (tertiary/aromatic N) is 1. The van der Waals surface area contributed by atoms with Crippen LogP contribution in [-0.2, 0) is 0 Å². The zero-order valence-corrected chi connectivity index (χ0v) is 7.35. The van der Waals surface area contributed by atoms with Crippen molar-refractivity contribution in [3.63, 3.8) is 0 Å². The second kappa shape index (κ2) is 2.85. The molecule has 4 heteroatoms. The number of halogens is 2. The van der Waals surface area contributed by atoms with E-state index in [4.69, 9.17) is 17.3 Å². The van der Waals surface area contributed by atoms with Gasteiger partial charge in [-0.25, -0.2) is 9.37 Å². The van der Waals surface area contributed by atoms with E-state index in [-0.39, 0.29) is 5.82 Å². The van der Waals surface area contributed by atoms with E-state index in [0.29, 0.717) is 21.7 Å². The molecule has 0 aliphatic heterocycles. The van der Waals surface area contributed by atoms with E-state index in [1.807, 2.05) is 0 Å². The first-order chi connectivity index (χ1) is 6.16. The van der Waals surface area contributed by atoms with Crippen LogP contribution in [0.3, 0.4) is 0 Å². The van der Waals surface area contributed by atoms with Crippen LogP contribution in [0.25, 0.3) is 10.9 Å². The Morgan fingerprint density at radius 2 is 2.08 bits per heavy atom. The summed E-state index contributed by atoms with van der Waals surface area (Å²) in [5.74, 6) is 0.00470. The molecular weight excluding hydrogens is 191 g/mol. The number of anilines is 1. The van der Waals surface area contributed by atoms with E-state index < -0.39 is 0 Å². The van der Waals surface area contributed by atoms with E-state index in [2.05, 4.69) is 4.98 Å². The molecule has 2 aromatic rings. The molecule has 2 rings (SSSR count). The third-order valence-electron chi connectivity index (χ3n) is 1.74. The Hall–Kier alpha value is -1.35. The average molecular weight is 197 g/mol. The molecule has 0 atom stereocenters. The maximum Gasteiger partial charge on any atom is 0.125 e. The summed E-state index contributed by atoms with van der Waals surface area (Å²) >= 11 is 5.85. The molecule has 0 aliphatic rings. The van der Waals surface area contributed by atoms with E-state index in [9.17, 15) is 4.39 Å². The van der Waals surface area contributed by atoms with E-state index in [0.717, 1.165) is 0 Å². The Morgan fingerprint density at radius 3 is 2.85 bits per heavy atom. The van der Waals surface area contributed by atoms with E-state index >= 15 is 0 Å². The molecule has 0 bridgehead atoms. The van der Waals surface area contributed by atoms with Crippen LogP contribution in [0, 0.1) is 5.82 Å². The quantitative estimate of drug-likeness (QED) is 0.704. The van der Waals surface area contributed by atoms with Crippen molar-refractivity contribution >= 4 is 28.3 Å². The number of hydrogen-bond donors (Lipinski definition) is 1. The lowest BCUT2D eigenvalue weighted by molar-refractivity contribution is 0.629. The molecule has 0 radical (unpaired) electrons. The molecule has 1 heterocycles. The molecule has 0 aliphatic carbocycles. The molecule has 0 spiro atoms. The van der Waals surface area contributed by atoms with Gasteiger partial charge in [0, 0.05) is 5.39 Å². The fraction of sp³-hybridized carbons (Fsp3) is 0. The number of pyridine rings is 1. The summed E-state index contributed by atoms with van der Waals surface area (Å²) in [6.45, 7) is 0. The second-order valence-electron chi connectivity index (χ2n) is 2.69. The second-order valence-corrected chi connectivity index (χ2v) is 3.10. The van der Waals surface area contributed by atoms with Gasteiger partial charge in [-0.1, -0.05) is 11.6 Å². The van der Waals surface area contributed by atoms with Crippen molar-refractivity contribution in [2.75, 3.05) is 5.73 Å². The van der Waals surface area contributed by atoms with Crippen LogP contribution in [0.15, 0.2) is 24.3 Å². The normalized spacial score (nSPS) is 10.6. The molecule has 0 amide bonds. The lowest BCUT2D eigenvalue weighted by Crippen LogP contribution is -1.91. The summed E-state index contributed by atoms with van der Waals surface area (Å²) in [4.78, 5) is 4.00. The van der Waals surface area contributed by atoms with Crippen molar-refractivity contribution in [3.8, 4) is 0 Å². The van der Waals surface area contributed by atoms with E-state index in [1.54, 1.807) is 6.07 Å². The number of rotatable bonds is 0. The smallest absolute Gasteiger partial charge is 0.125 e. The number of nitrogen functional groups attached to an aromatic ring is 1. The molecule has 1 aromatic heterocycles. The number of benzene rings is 1. The maximum absolute atomic E-state index is 12.8. The average Bonchev–Trinajstić information content (AvgIpc) is 2.06. The first-order valence-corrected chi connectivity index (χ1v) is 4.06. The molecule has 66 valence electrons. The Labute approximate surface area is 79.1 Å². The molecule has 0 unspecified atom stereocenters. The van der Waals surface area contributed by atoms with Crippen molar-refractivity contribution in [2.24, 2.45) is 0 Å². The van der Waals surface area contributed by atoms with Gasteiger partial charge in [0.2, 0.25) is 0 Å². The standard InChI is InChI=1S/C9H6ClFN2/c10-7-4-9(12)13-8-2-1-5(11)3-6(7)8/h1-4H,(H2,12,13). The van der Waals surface area contributed by atoms with Gasteiger partial charge in [0.1, 0.15) is 11.6 Å².